The molecule has 0 bridgehead atoms. The predicted molar refractivity (Wildman–Crippen MR) is 114 cm³/mol. The summed E-state index contributed by atoms with van der Waals surface area (Å²) in [7, 11) is -6.03. The average molecular weight is 460 g/mol. The van der Waals surface area contributed by atoms with Crippen LogP contribution in [0.4, 0.5) is 13.2 Å². The summed E-state index contributed by atoms with van der Waals surface area (Å²) in [6.07, 6.45) is 0. The lowest BCUT2D eigenvalue weighted by Crippen LogP contribution is -2.28. The Hall–Kier alpha value is -3.59. The van der Waals surface area contributed by atoms with Crippen molar-refractivity contribution in [3.63, 3.8) is 0 Å². The molecular formula is C23H15F3O5S. The van der Waals surface area contributed by atoms with Crippen molar-refractivity contribution in [3.05, 3.63) is 88.6 Å². The van der Waals surface area contributed by atoms with Crippen LogP contribution >= 0.6 is 0 Å². The fourth-order valence-corrected chi connectivity index (χ4v) is 3.62. The Bertz CT molecular complexity index is 1460. The van der Waals surface area contributed by atoms with E-state index in [2.05, 4.69) is 4.18 Å². The van der Waals surface area contributed by atoms with Crippen LogP contribution in [0.1, 0.15) is 5.56 Å². The van der Waals surface area contributed by atoms with Gasteiger partial charge >= 0.3 is 15.6 Å². The van der Waals surface area contributed by atoms with Crippen LogP contribution in [-0.4, -0.2) is 13.9 Å². The minimum atomic E-state index is -6.03. The first-order valence-electron chi connectivity index (χ1n) is 9.31. The Morgan fingerprint density at radius 1 is 0.875 bits per heavy atom. The van der Waals surface area contributed by atoms with Gasteiger partial charge in [-0.2, -0.15) is 21.6 Å². The second-order valence-electron chi connectivity index (χ2n) is 7.01. The lowest BCUT2D eigenvalue weighted by molar-refractivity contribution is -0.0499. The summed E-state index contributed by atoms with van der Waals surface area (Å²) < 4.78 is 73.4. The molecule has 0 fully saturated rings. The lowest BCUT2D eigenvalue weighted by Gasteiger charge is -2.15. The van der Waals surface area contributed by atoms with Crippen LogP contribution in [0, 0.1) is 6.92 Å². The maximum absolute atomic E-state index is 13.1. The number of hydrogen-bond acceptors (Lipinski definition) is 5. The molecule has 0 aliphatic heterocycles. The summed E-state index contributed by atoms with van der Waals surface area (Å²) in [4.78, 5) is 12.7. The summed E-state index contributed by atoms with van der Waals surface area (Å²) in [5, 5.41) is -0.118. The number of rotatable bonds is 4. The molecule has 5 nitrogen and oxygen atoms in total. The number of fused-ring (bicyclic) bond motifs is 1. The van der Waals surface area contributed by atoms with Gasteiger partial charge in [0, 0.05) is 17.2 Å². The fraction of sp³-hybridized carbons (Fsp3) is 0.0870. The largest absolute Gasteiger partial charge is 0.534 e. The van der Waals surface area contributed by atoms with Gasteiger partial charge in [0.05, 0.1) is 5.39 Å². The van der Waals surface area contributed by atoms with E-state index in [4.69, 9.17) is 4.42 Å². The highest BCUT2D eigenvalue weighted by Gasteiger charge is 2.49. The number of alkyl halides is 3. The molecule has 1 aromatic heterocycles. The van der Waals surface area contributed by atoms with E-state index in [9.17, 15) is 26.4 Å². The molecule has 0 N–H and O–H groups in total. The number of hydrogen-bond donors (Lipinski definition) is 0. The van der Waals surface area contributed by atoms with Gasteiger partial charge in [0.1, 0.15) is 5.76 Å². The first-order chi connectivity index (χ1) is 15.1. The molecular weight excluding hydrogens is 445 g/mol. The monoisotopic (exact) mass is 460 g/mol. The van der Waals surface area contributed by atoms with Crippen LogP contribution in [0.5, 0.6) is 5.75 Å². The van der Waals surface area contributed by atoms with Crippen LogP contribution in [0.15, 0.2) is 82.0 Å². The summed E-state index contributed by atoms with van der Waals surface area (Å²) in [5.41, 5.74) is -4.85. The van der Waals surface area contributed by atoms with Crippen LogP contribution in [0.2, 0.25) is 0 Å². The van der Waals surface area contributed by atoms with E-state index in [1.54, 1.807) is 54.6 Å². The molecule has 9 heteroatoms. The molecule has 0 spiro atoms. The zero-order valence-electron chi connectivity index (χ0n) is 16.5. The first-order valence-corrected chi connectivity index (χ1v) is 10.7. The van der Waals surface area contributed by atoms with Crippen molar-refractivity contribution in [2.24, 2.45) is 0 Å². The highest BCUT2D eigenvalue weighted by atomic mass is 32.2. The van der Waals surface area contributed by atoms with Crippen LogP contribution in [0.25, 0.3) is 33.4 Å². The Labute approximate surface area is 180 Å². The van der Waals surface area contributed by atoms with Gasteiger partial charge in [0.2, 0.25) is 0 Å². The zero-order chi connectivity index (χ0) is 23.1. The van der Waals surface area contributed by atoms with Gasteiger partial charge < -0.3 is 8.60 Å². The second-order valence-corrected chi connectivity index (χ2v) is 8.55. The van der Waals surface area contributed by atoms with Gasteiger partial charge in [-0.3, -0.25) is 4.79 Å². The summed E-state index contributed by atoms with van der Waals surface area (Å²) in [6.45, 7) is 1.82. The third kappa shape index (κ3) is 3.99. The lowest BCUT2D eigenvalue weighted by atomic mass is 10.0. The van der Waals surface area contributed by atoms with E-state index < -0.39 is 32.4 Å². The van der Waals surface area contributed by atoms with E-state index in [0.29, 0.717) is 11.1 Å². The Morgan fingerprint density at radius 2 is 1.53 bits per heavy atom. The minimum Gasteiger partial charge on any atom is -0.452 e. The van der Waals surface area contributed by atoms with Crippen molar-refractivity contribution in [2.45, 2.75) is 12.4 Å². The maximum atomic E-state index is 13.1. The molecule has 3 aromatic carbocycles. The predicted octanol–water partition coefficient (Wildman–Crippen LogP) is 5.66. The molecule has 0 atom stereocenters. The topological polar surface area (TPSA) is 73.6 Å². The third-order valence-corrected chi connectivity index (χ3v) is 5.70. The van der Waals surface area contributed by atoms with Gasteiger partial charge in [-0.25, -0.2) is 0 Å². The van der Waals surface area contributed by atoms with Gasteiger partial charge in [-0.05, 0) is 24.6 Å². The molecule has 0 amide bonds. The molecule has 32 heavy (non-hydrogen) atoms. The van der Waals surface area contributed by atoms with Crippen molar-refractivity contribution in [1.29, 1.82) is 0 Å². The molecule has 0 saturated carbocycles. The Morgan fingerprint density at radius 3 is 2.16 bits per heavy atom. The molecule has 1 heterocycles. The first kappa shape index (κ1) is 21.6. The van der Waals surface area contributed by atoms with Gasteiger partial charge in [0.25, 0.3) is 0 Å². The van der Waals surface area contributed by atoms with Crippen molar-refractivity contribution in [2.75, 3.05) is 0 Å². The van der Waals surface area contributed by atoms with E-state index in [-0.39, 0.29) is 16.7 Å². The van der Waals surface area contributed by atoms with Crippen molar-refractivity contribution >= 4 is 21.1 Å². The minimum absolute atomic E-state index is 0.0266. The molecule has 0 unspecified atom stereocenters. The summed E-state index contributed by atoms with van der Waals surface area (Å²) in [5.74, 6) is -0.656. The molecule has 4 rings (SSSR count). The SMILES string of the molecule is Cc1ccc(-c2ccc3c(=O)cc(-c4ccccc4)oc3c2OS(=O)(=O)C(F)(F)F)cc1. The Balaban J connectivity index is 2.05. The van der Waals surface area contributed by atoms with Crippen molar-refractivity contribution in [3.8, 4) is 28.2 Å². The quantitative estimate of drug-likeness (QED) is 0.290. The normalized spacial score (nSPS) is 12.1. The smallest absolute Gasteiger partial charge is 0.452 e. The number of halogens is 3. The van der Waals surface area contributed by atoms with E-state index >= 15 is 0 Å². The van der Waals surface area contributed by atoms with Gasteiger partial charge in [0.15, 0.2) is 16.8 Å². The second kappa shape index (κ2) is 7.83. The fourth-order valence-electron chi connectivity index (χ4n) is 3.14. The van der Waals surface area contributed by atoms with Crippen molar-refractivity contribution < 1.29 is 30.2 Å². The third-order valence-electron chi connectivity index (χ3n) is 4.75. The van der Waals surface area contributed by atoms with Crippen LogP contribution in [-0.2, 0) is 10.1 Å². The average Bonchev–Trinajstić information content (AvgIpc) is 2.74. The summed E-state index contributed by atoms with van der Waals surface area (Å²) >= 11 is 0. The molecule has 4 aromatic rings. The van der Waals surface area contributed by atoms with Crippen LogP contribution < -0.4 is 9.61 Å². The molecule has 0 aliphatic rings. The van der Waals surface area contributed by atoms with E-state index in [1.165, 1.54) is 18.2 Å². The van der Waals surface area contributed by atoms with E-state index in [1.807, 2.05) is 6.92 Å². The number of aryl methyl sites for hydroxylation is 1. The Kier molecular flexibility index (Phi) is 5.29. The molecule has 0 saturated heterocycles. The maximum Gasteiger partial charge on any atom is 0.534 e. The molecule has 164 valence electrons. The zero-order valence-corrected chi connectivity index (χ0v) is 17.3. The van der Waals surface area contributed by atoms with Crippen LogP contribution in [0.3, 0.4) is 0 Å². The summed E-state index contributed by atoms with van der Waals surface area (Å²) in [6, 6.07) is 18.9. The molecule has 0 aliphatic carbocycles. The number of benzene rings is 3. The van der Waals surface area contributed by atoms with Gasteiger partial charge in [-0.1, -0.05) is 60.2 Å². The highest BCUT2D eigenvalue weighted by molar-refractivity contribution is 7.88. The molecule has 0 radical (unpaired) electrons. The standard InChI is InChI=1S/C23H15F3O5S/c1-14-7-9-15(10-8-14)17-11-12-18-19(27)13-20(16-5-3-2-4-6-16)30-21(18)22(17)31-32(28,29)23(24,25)26/h2-13H,1H3. The van der Waals surface area contributed by atoms with Crippen molar-refractivity contribution in [1.82, 2.24) is 0 Å². The van der Waals surface area contributed by atoms with E-state index in [0.717, 1.165) is 5.56 Å². The van der Waals surface area contributed by atoms with Gasteiger partial charge in [-0.15, -0.1) is 0 Å². The highest BCUT2D eigenvalue weighted by Crippen LogP contribution is 2.40.